The number of carboxylic acids is 3. The van der Waals surface area contributed by atoms with Crippen molar-refractivity contribution in [3.05, 3.63) is 35.4 Å². The van der Waals surface area contributed by atoms with Crippen molar-refractivity contribution < 1.29 is 44.1 Å². The molecular formula is C21H24N2O9. The Hall–Kier alpha value is -3.76. The molecule has 1 heterocycles. The molecule has 1 aliphatic rings. The lowest BCUT2D eigenvalue weighted by atomic mass is 9.83. The summed E-state index contributed by atoms with van der Waals surface area (Å²) in [5, 5.41) is 29.7. The van der Waals surface area contributed by atoms with Crippen LogP contribution in [-0.2, 0) is 19.2 Å². The quantitative estimate of drug-likeness (QED) is 0.322. The fourth-order valence-electron chi connectivity index (χ4n) is 3.61. The molecule has 0 aliphatic carbocycles. The van der Waals surface area contributed by atoms with Crippen LogP contribution in [0.5, 0.6) is 0 Å². The van der Waals surface area contributed by atoms with Gasteiger partial charge in [-0.2, -0.15) is 0 Å². The van der Waals surface area contributed by atoms with Crippen LogP contribution in [0.1, 0.15) is 65.7 Å². The lowest BCUT2D eigenvalue weighted by Crippen LogP contribution is -2.50. The summed E-state index contributed by atoms with van der Waals surface area (Å²) in [6.45, 7) is -0.231. The average Bonchev–Trinajstić information content (AvgIpc) is 2.97. The summed E-state index contributed by atoms with van der Waals surface area (Å²) in [4.78, 5) is 71.6. The summed E-state index contributed by atoms with van der Waals surface area (Å²) in [5.41, 5.74) is -0.901. The lowest BCUT2D eigenvalue weighted by Gasteiger charge is -2.34. The molecule has 0 saturated carbocycles. The molecule has 2 rings (SSSR count). The van der Waals surface area contributed by atoms with Crippen LogP contribution in [0.3, 0.4) is 0 Å². The van der Waals surface area contributed by atoms with E-state index in [4.69, 9.17) is 15.3 Å². The monoisotopic (exact) mass is 448 g/mol. The molecule has 0 bridgehead atoms. The van der Waals surface area contributed by atoms with E-state index in [0.717, 1.165) is 4.90 Å². The second kappa shape index (κ2) is 10.5. The van der Waals surface area contributed by atoms with Crippen LogP contribution >= 0.6 is 0 Å². The highest BCUT2D eigenvalue weighted by Crippen LogP contribution is 2.27. The number of imide groups is 1. The van der Waals surface area contributed by atoms with Crippen molar-refractivity contribution in [2.45, 2.75) is 50.5 Å². The summed E-state index contributed by atoms with van der Waals surface area (Å²) in [6, 6.07) is 6.23. The minimum absolute atomic E-state index is 0.165. The Labute approximate surface area is 183 Å². The Morgan fingerprint density at radius 1 is 0.750 bits per heavy atom. The van der Waals surface area contributed by atoms with E-state index in [2.05, 4.69) is 5.32 Å². The van der Waals surface area contributed by atoms with E-state index < -0.39 is 60.4 Å². The van der Waals surface area contributed by atoms with Gasteiger partial charge in [-0.25, -0.2) is 0 Å². The maximum Gasteiger partial charge on any atom is 0.303 e. The number of amides is 3. The van der Waals surface area contributed by atoms with E-state index in [1.165, 1.54) is 12.1 Å². The predicted molar refractivity (Wildman–Crippen MR) is 108 cm³/mol. The number of carbonyl (C=O) groups excluding carboxylic acids is 3. The first kappa shape index (κ1) is 24.5. The van der Waals surface area contributed by atoms with E-state index in [1.54, 1.807) is 12.1 Å². The lowest BCUT2D eigenvalue weighted by molar-refractivity contribution is -0.139. The standard InChI is InChI=1S/C21H24N2O9/c24-15(8-12-23-19(31)13-3-1-2-4-14(13)20(23)32)22-21(9-5-16(25)26,10-6-17(27)28)11-7-18(29)30/h1-4H,5-12H2,(H,22,24)(H,25,26)(H,27,28)(H,29,30). The van der Waals surface area contributed by atoms with Gasteiger partial charge in [0.15, 0.2) is 0 Å². The van der Waals surface area contributed by atoms with E-state index >= 15 is 0 Å². The summed E-state index contributed by atoms with van der Waals surface area (Å²) in [5.74, 6) is -5.26. The molecule has 11 heteroatoms. The maximum atomic E-state index is 12.6. The molecule has 0 unspecified atom stereocenters. The zero-order valence-corrected chi connectivity index (χ0v) is 17.2. The molecule has 1 aromatic rings. The van der Waals surface area contributed by atoms with Gasteiger partial charge in [0.05, 0.1) is 11.1 Å². The number of hydrogen-bond acceptors (Lipinski definition) is 6. The summed E-state index contributed by atoms with van der Waals surface area (Å²) >= 11 is 0. The van der Waals surface area contributed by atoms with E-state index in [0.29, 0.717) is 0 Å². The van der Waals surface area contributed by atoms with Crippen LogP contribution in [0.2, 0.25) is 0 Å². The molecular weight excluding hydrogens is 424 g/mol. The Balaban J connectivity index is 2.11. The molecule has 3 amide bonds. The molecule has 0 fully saturated rings. The molecule has 172 valence electrons. The summed E-state index contributed by atoms with van der Waals surface area (Å²) in [6.07, 6.45) is -2.01. The molecule has 0 radical (unpaired) electrons. The van der Waals surface area contributed by atoms with Crippen LogP contribution in [0.15, 0.2) is 24.3 Å². The zero-order valence-electron chi connectivity index (χ0n) is 17.2. The number of rotatable bonds is 13. The molecule has 0 aromatic heterocycles. The van der Waals surface area contributed by atoms with Crippen LogP contribution < -0.4 is 5.32 Å². The average molecular weight is 448 g/mol. The number of benzene rings is 1. The van der Waals surface area contributed by atoms with Gasteiger partial charge in [0.1, 0.15) is 0 Å². The third-order valence-corrected chi connectivity index (χ3v) is 5.30. The number of fused-ring (bicyclic) bond motifs is 1. The SMILES string of the molecule is O=C(O)CCC(CCC(=O)O)(CCC(=O)O)NC(=O)CCN1C(=O)c2ccccc2C1=O. The van der Waals surface area contributed by atoms with Crippen molar-refractivity contribution in [2.24, 2.45) is 0 Å². The fraction of sp³-hybridized carbons (Fsp3) is 0.429. The Morgan fingerprint density at radius 3 is 1.53 bits per heavy atom. The van der Waals surface area contributed by atoms with Gasteiger partial charge in [-0.05, 0) is 31.4 Å². The normalized spacial score (nSPS) is 13.1. The fourth-order valence-corrected chi connectivity index (χ4v) is 3.61. The highest BCUT2D eigenvalue weighted by atomic mass is 16.4. The largest absolute Gasteiger partial charge is 0.481 e. The number of carbonyl (C=O) groups is 6. The van der Waals surface area contributed by atoms with Gasteiger partial charge >= 0.3 is 17.9 Å². The Bertz CT molecular complexity index is 860. The van der Waals surface area contributed by atoms with Crippen molar-refractivity contribution in [1.29, 1.82) is 0 Å². The topological polar surface area (TPSA) is 178 Å². The smallest absolute Gasteiger partial charge is 0.303 e. The van der Waals surface area contributed by atoms with Crippen LogP contribution in [0.25, 0.3) is 0 Å². The van der Waals surface area contributed by atoms with Gasteiger partial charge in [0.2, 0.25) is 5.91 Å². The second-order valence-corrected chi connectivity index (χ2v) is 7.57. The highest BCUT2D eigenvalue weighted by Gasteiger charge is 2.37. The van der Waals surface area contributed by atoms with Gasteiger partial charge in [0, 0.05) is 37.8 Å². The number of nitrogens with zero attached hydrogens (tertiary/aromatic N) is 1. The number of hydrogen-bond donors (Lipinski definition) is 4. The molecule has 1 aromatic carbocycles. The van der Waals surface area contributed by atoms with E-state index in [1.807, 2.05) is 0 Å². The van der Waals surface area contributed by atoms with Gasteiger partial charge in [-0.15, -0.1) is 0 Å². The Morgan fingerprint density at radius 2 is 1.16 bits per heavy atom. The first-order chi connectivity index (χ1) is 15.0. The molecule has 0 saturated heterocycles. The highest BCUT2D eigenvalue weighted by molar-refractivity contribution is 6.21. The zero-order chi connectivity index (χ0) is 23.9. The van der Waals surface area contributed by atoms with Crippen LogP contribution in [-0.4, -0.2) is 67.9 Å². The molecule has 0 atom stereocenters. The van der Waals surface area contributed by atoms with Crippen molar-refractivity contribution in [2.75, 3.05) is 6.54 Å². The summed E-state index contributed by atoms with van der Waals surface area (Å²) < 4.78 is 0. The van der Waals surface area contributed by atoms with Crippen molar-refractivity contribution in [1.82, 2.24) is 10.2 Å². The van der Waals surface area contributed by atoms with Gasteiger partial charge in [-0.1, -0.05) is 12.1 Å². The minimum atomic E-state index is -1.37. The van der Waals surface area contributed by atoms with Crippen LogP contribution in [0, 0.1) is 0 Å². The maximum absolute atomic E-state index is 12.6. The van der Waals surface area contributed by atoms with E-state index in [9.17, 15) is 28.8 Å². The van der Waals surface area contributed by atoms with Gasteiger partial charge < -0.3 is 20.6 Å². The van der Waals surface area contributed by atoms with Crippen molar-refractivity contribution in [3.8, 4) is 0 Å². The van der Waals surface area contributed by atoms with E-state index in [-0.39, 0.29) is 43.4 Å². The third-order valence-electron chi connectivity index (χ3n) is 5.30. The second-order valence-electron chi connectivity index (χ2n) is 7.57. The van der Waals surface area contributed by atoms with Gasteiger partial charge in [-0.3, -0.25) is 33.7 Å². The van der Waals surface area contributed by atoms with Crippen LogP contribution in [0.4, 0.5) is 0 Å². The number of aliphatic carboxylic acids is 3. The molecule has 0 spiro atoms. The molecule has 1 aliphatic heterocycles. The predicted octanol–water partition coefficient (Wildman–Crippen LogP) is 1.12. The number of nitrogens with one attached hydrogen (secondary N) is 1. The van der Waals surface area contributed by atoms with Crippen molar-refractivity contribution >= 4 is 35.6 Å². The third kappa shape index (κ3) is 6.37. The molecule has 4 N–H and O–H groups in total. The first-order valence-corrected chi connectivity index (χ1v) is 9.96. The van der Waals surface area contributed by atoms with Gasteiger partial charge in [0.25, 0.3) is 11.8 Å². The Kier molecular flexibility index (Phi) is 8.05. The molecule has 32 heavy (non-hydrogen) atoms. The number of carboxylic acid groups (broad SMARTS) is 3. The summed E-state index contributed by atoms with van der Waals surface area (Å²) in [7, 11) is 0. The van der Waals surface area contributed by atoms with Crippen molar-refractivity contribution in [3.63, 3.8) is 0 Å². The first-order valence-electron chi connectivity index (χ1n) is 9.96. The molecule has 11 nitrogen and oxygen atoms in total. The minimum Gasteiger partial charge on any atom is -0.481 e.